The molecule has 5 heteroatoms. The molecule has 30 heavy (non-hydrogen) atoms. The molecule has 0 bridgehead atoms. The van der Waals surface area contributed by atoms with Crippen molar-refractivity contribution >= 4 is 29.1 Å². The van der Waals surface area contributed by atoms with Crippen molar-refractivity contribution in [3.8, 4) is 5.75 Å². The van der Waals surface area contributed by atoms with E-state index in [1.807, 2.05) is 48.5 Å². The van der Waals surface area contributed by atoms with E-state index in [0.29, 0.717) is 34.5 Å². The van der Waals surface area contributed by atoms with Gasteiger partial charge in [-0.25, -0.2) is 0 Å². The molecule has 0 N–H and O–H groups in total. The van der Waals surface area contributed by atoms with E-state index in [0.717, 1.165) is 13.1 Å². The van der Waals surface area contributed by atoms with Crippen molar-refractivity contribution < 1.29 is 13.9 Å². The zero-order chi connectivity index (χ0) is 20.8. The third kappa shape index (κ3) is 5.33. The summed E-state index contributed by atoms with van der Waals surface area (Å²) in [5, 5.41) is 0.623. The topological polar surface area (TPSA) is 42.7 Å². The smallest absolute Gasteiger partial charge is 0.185 e. The normalized spacial score (nSPS) is 14.2. The Kier molecular flexibility index (Phi) is 6.55. The van der Waals surface area contributed by atoms with Gasteiger partial charge in [0, 0.05) is 29.4 Å². The summed E-state index contributed by atoms with van der Waals surface area (Å²) in [6, 6.07) is 18.7. The van der Waals surface area contributed by atoms with Gasteiger partial charge in [0.1, 0.15) is 23.9 Å². The second kappa shape index (κ2) is 9.68. The van der Waals surface area contributed by atoms with E-state index in [4.69, 9.17) is 20.8 Å². The highest BCUT2D eigenvalue weighted by Gasteiger charge is 2.11. The molecule has 0 saturated carbocycles. The van der Waals surface area contributed by atoms with Crippen LogP contribution in [0.5, 0.6) is 5.75 Å². The number of anilines is 1. The molecular formula is C25H24ClNO3. The predicted octanol–water partition coefficient (Wildman–Crippen LogP) is 6.40. The lowest BCUT2D eigenvalue weighted by atomic mass is 10.1. The Hall–Kier alpha value is -2.98. The summed E-state index contributed by atoms with van der Waals surface area (Å²) in [4.78, 5) is 14.9. The third-order valence-electron chi connectivity index (χ3n) is 5.13. The van der Waals surface area contributed by atoms with Crippen LogP contribution in [0, 0.1) is 0 Å². The van der Waals surface area contributed by atoms with Gasteiger partial charge < -0.3 is 14.1 Å². The molecule has 3 aromatic rings. The molecule has 0 amide bonds. The first-order chi connectivity index (χ1) is 14.7. The number of ketones is 1. The Labute approximate surface area is 181 Å². The average molecular weight is 422 g/mol. The van der Waals surface area contributed by atoms with E-state index in [-0.39, 0.29) is 5.78 Å². The Morgan fingerprint density at radius 1 is 1.03 bits per heavy atom. The minimum atomic E-state index is -0.0479. The molecule has 4 nitrogen and oxygen atoms in total. The highest BCUT2D eigenvalue weighted by atomic mass is 35.5. The zero-order valence-corrected chi connectivity index (χ0v) is 17.5. The number of nitrogens with zero attached hydrogens (tertiary/aromatic N) is 1. The number of carbonyl (C=O) groups excluding carboxylic acids is 1. The highest BCUT2D eigenvalue weighted by Crippen LogP contribution is 2.21. The maximum Gasteiger partial charge on any atom is 0.185 e. The fraction of sp³-hybridized carbons (Fsp3) is 0.240. The van der Waals surface area contributed by atoms with Crippen molar-refractivity contribution in [1.82, 2.24) is 0 Å². The van der Waals surface area contributed by atoms with Crippen LogP contribution in [-0.4, -0.2) is 18.9 Å². The number of furan rings is 1. The molecule has 2 heterocycles. The van der Waals surface area contributed by atoms with Crippen LogP contribution in [0.25, 0.3) is 6.08 Å². The van der Waals surface area contributed by atoms with Crippen LogP contribution in [0.2, 0.25) is 5.02 Å². The van der Waals surface area contributed by atoms with Crippen molar-refractivity contribution in [3.63, 3.8) is 0 Å². The molecule has 1 aliphatic rings. The maximum atomic E-state index is 12.5. The molecule has 1 aliphatic heterocycles. The number of rotatable bonds is 7. The minimum absolute atomic E-state index is 0.0479. The first kappa shape index (κ1) is 20.3. The molecule has 0 radical (unpaired) electrons. The van der Waals surface area contributed by atoms with E-state index >= 15 is 0 Å². The highest BCUT2D eigenvalue weighted by molar-refractivity contribution is 6.30. The van der Waals surface area contributed by atoms with E-state index in [2.05, 4.69) is 4.90 Å². The standard InChI is InChI=1S/C25H24ClNO3/c26-20-5-4-6-23(17-20)29-18-24-12-11-22(30-24)13-14-25(28)19-7-9-21(10-8-19)27-15-2-1-3-16-27/h4-14,17H,1-3,15-16,18H2/b14-13+. The van der Waals surface area contributed by atoms with Crippen molar-refractivity contribution in [1.29, 1.82) is 0 Å². The summed E-state index contributed by atoms with van der Waals surface area (Å²) in [6.07, 6.45) is 7.00. The first-order valence-electron chi connectivity index (χ1n) is 10.2. The molecule has 2 aromatic carbocycles. The maximum absolute atomic E-state index is 12.5. The van der Waals surface area contributed by atoms with Crippen LogP contribution in [0.1, 0.15) is 41.1 Å². The van der Waals surface area contributed by atoms with Crippen molar-refractivity contribution in [2.24, 2.45) is 0 Å². The Morgan fingerprint density at radius 2 is 1.83 bits per heavy atom. The average Bonchev–Trinajstić information content (AvgIpc) is 3.25. The van der Waals surface area contributed by atoms with Crippen LogP contribution in [-0.2, 0) is 6.61 Å². The van der Waals surface area contributed by atoms with Gasteiger partial charge in [-0.1, -0.05) is 17.7 Å². The fourth-order valence-corrected chi connectivity index (χ4v) is 3.70. The van der Waals surface area contributed by atoms with Gasteiger partial charge in [0.25, 0.3) is 0 Å². The quantitative estimate of drug-likeness (QED) is 0.327. The second-order valence-corrected chi connectivity index (χ2v) is 7.78. The predicted molar refractivity (Wildman–Crippen MR) is 120 cm³/mol. The number of hydrogen-bond donors (Lipinski definition) is 0. The summed E-state index contributed by atoms with van der Waals surface area (Å²) < 4.78 is 11.4. The lowest BCUT2D eigenvalue weighted by Crippen LogP contribution is -2.29. The van der Waals surface area contributed by atoms with Crippen LogP contribution in [0.15, 0.2) is 71.2 Å². The van der Waals surface area contributed by atoms with Crippen molar-refractivity contribution in [3.05, 3.63) is 88.8 Å². The molecule has 0 spiro atoms. The van der Waals surface area contributed by atoms with Gasteiger partial charge in [-0.05, 0) is 86.0 Å². The molecule has 1 fully saturated rings. The van der Waals surface area contributed by atoms with Gasteiger partial charge >= 0.3 is 0 Å². The summed E-state index contributed by atoms with van der Waals surface area (Å²) in [5.41, 5.74) is 1.86. The van der Waals surface area contributed by atoms with Gasteiger partial charge in [-0.15, -0.1) is 0 Å². The second-order valence-electron chi connectivity index (χ2n) is 7.34. The number of ether oxygens (including phenoxy) is 1. The lowest BCUT2D eigenvalue weighted by molar-refractivity contribution is 0.104. The fourth-order valence-electron chi connectivity index (χ4n) is 3.52. The summed E-state index contributed by atoms with van der Waals surface area (Å²) >= 11 is 5.95. The minimum Gasteiger partial charge on any atom is -0.486 e. The van der Waals surface area contributed by atoms with Gasteiger partial charge in [0.2, 0.25) is 0 Å². The number of hydrogen-bond acceptors (Lipinski definition) is 4. The molecule has 1 saturated heterocycles. The van der Waals surface area contributed by atoms with Crippen LogP contribution in [0.3, 0.4) is 0 Å². The lowest BCUT2D eigenvalue weighted by Gasteiger charge is -2.28. The number of carbonyl (C=O) groups is 1. The first-order valence-corrected chi connectivity index (χ1v) is 10.6. The van der Waals surface area contributed by atoms with Crippen LogP contribution in [0.4, 0.5) is 5.69 Å². The molecule has 0 aliphatic carbocycles. The molecule has 154 valence electrons. The molecule has 0 atom stereocenters. The van der Waals surface area contributed by atoms with Gasteiger partial charge in [0.15, 0.2) is 5.78 Å². The largest absolute Gasteiger partial charge is 0.486 e. The van der Waals surface area contributed by atoms with Crippen LogP contribution < -0.4 is 9.64 Å². The zero-order valence-electron chi connectivity index (χ0n) is 16.7. The molecule has 0 unspecified atom stereocenters. The number of halogens is 1. The van der Waals surface area contributed by atoms with Gasteiger partial charge in [0.05, 0.1) is 0 Å². The molecule has 1 aromatic heterocycles. The van der Waals surface area contributed by atoms with Gasteiger partial charge in [-0.3, -0.25) is 4.79 Å². The SMILES string of the molecule is O=C(/C=C/c1ccc(COc2cccc(Cl)c2)o1)c1ccc(N2CCCCC2)cc1. The Balaban J connectivity index is 1.32. The Bertz CT molecular complexity index is 1020. The summed E-state index contributed by atoms with van der Waals surface area (Å²) in [5.74, 6) is 1.92. The van der Waals surface area contributed by atoms with Crippen LogP contribution >= 0.6 is 11.6 Å². The monoisotopic (exact) mass is 421 g/mol. The van der Waals surface area contributed by atoms with E-state index < -0.39 is 0 Å². The number of benzene rings is 2. The van der Waals surface area contributed by atoms with Gasteiger partial charge in [-0.2, -0.15) is 0 Å². The summed E-state index contributed by atoms with van der Waals surface area (Å²) in [6.45, 7) is 2.48. The van der Waals surface area contributed by atoms with E-state index in [1.165, 1.54) is 31.0 Å². The third-order valence-corrected chi connectivity index (χ3v) is 5.37. The summed E-state index contributed by atoms with van der Waals surface area (Å²) in [7, 11) is 0. The number of allylic oxidation sites excluding steroid dienone is 1. The number of piperidine rings is 1. The molecular weight excluding hydrogens is 398 g/mol. The van der Waals surface area contributed by atoms with E-state index in [9.17, 15) is 4.79 Å². The Morgan fingerprint density at radius 3 is 2.60 bits per heavy atom. The molecule has 4 rings (SSSR count). The van der Waals surface area contributed by atoms with Crippen molar-refractivity contribution in [2.75, 3.05) is 18.0 Å². The van der Waals surface area contributed by atoms with E-state index in [1.54, 1.807) is 18.2 Å². The van der Waals surface area contributed by atoms with Crippen molar-refractivity contribution in [2.45, 2.75) is 25.9 Å².